The second-order valence-corrected chi connectivity index (χ2v) is 11.9. The molecule has 0 atom stereocenters. The summed E-state index contributed by atoms with van der Waals surface area (Å²) in [5.41, 5.74) is 6.16. The van der Waals surface area contributed by atoms with Crippen molar-refractivity contribution < 1.29 is 76.7 Å². The number of carbonyl (C=O) groups excluding carboxylic acids is 6. The van der Waals surface area contributed by atoms with Crippen LogP contribution in [0.4, 0.5) is 0 Å². The summed E-state index contributed by atoms with van der Waals surface area (Å²) in [6.45, 7) is -0.114. The number of hydrogen-bond acceptors (Lipinski definition) is 9. The van der Waals surface area contributed by atoms with Gasteiger partial charge in [-0.1, -0.05) is 36.3 Å². The molecule has 0 saturated heterocycles. The molecule has 0 aliphatic carbocycles. The van der Waals surface area contributed by atoms with Gasteiger partial charge in [0.1, 0.15) is 8.22 Å². The van der Waals surface area contributed by atoms with E-state index in [0.29, 0.717) is 0 Å². The van der Waals surface area contributed by atoms with Crippen LogP contribution in [0.2, 0.25) is 0 Å². The quantitative estimate of drug-likeness (QED) is 0.0233. The molecule has 0 aliphatic heterocycles. The molecule has 0 aromatic carbocycles. The van der Waals surface area contributed by atoms with Crippen molar-refractivity contribution in [1.82, 2.24) is 32.2 Å². The van der Waals surface area contributed by atoms with Gasteiger partial charge in [-0.2, -0.15) is 27.4 Å². The summed E-state index contributed by atoms with van der Waals surface area (Å²) in [6.07, 6.45) is 8.36. The first-order chi connectivity index (χ1) is 38.2. The van der Waals surface area contributed by atoms with Gasteiger partial charge in [0.05, 0.1) is 12.3 Å². The fourth-order valence-corrected chi connectivity index (χ4v) is 3.91. The molecule has 6 amide bonds. The molecule has 21 nitrogen and oxygen atoms in total. The maximum absolute atomic E-state index is 11.1. The number of carbonyl (C=O) groups is 6. The zero-order valence-corrected chi connectivity index (χ0v) is 42.3. The van der Waals surface area contributed by atoms with Crippen LogP contribution in [0, 0.1) is 44.6 Å². The molecule has 0 saturated carbocycles. The first kappa shape index (κ1) is 47.3. The molecule has 0 unspecified atom stereocenters. The highest BCUT2D eigenvalue weighted by Crippen LogP contribution is 1.80. The van der Waals surface area contributed by atoms with Crippen LogP contribution in [-0.4, -0.2) is 56.6 Å². The van der Waals surface area contributed by atoms with E-state index in [4.69, 9.17) is 38.1 Å². The van der Waals surface area contributed by atoms with Gasteiger partial charge in [-0.05, 0) is 0 Å². The minimum Gasteiger partial charge on any atom is -0.358 e. The Morgan fingerprint density at radius 3 is 0.667 bits per heavy atom. The molecule has 0 fully saturated rings. The summed E-state index contributed by atoms with van der Waals surface area (Å²) < 4.78 is 119. The molecule has 72 heavy (non-hydrogen) atoms. The molecular formula is C51H81N15O6. The Bertz CT molecular complexity index is 2700. The number of hydrogen-bond donors (Lipinski definition) is 9. The monoisotopic (exact) mass is 1010 g/mol. The fourth-order valence-electron chi connectivity index (χ4n) is 3.91. The van der Waals surface area contributed by atoms with Gasteiger partial charge in [0.15, 0.2) is 74.2 Å². The highest BCUT2D eigenvalue weighted by molar-refractivity contribution is 5.75. The van der Waals surface area contributed by atoms with E-state index in [1.807, 2.05) is 54.6 Å². The van der Waals surface area contributed by atoms with Crippen LogP contribution in [-0.2, 0) is 68.0 Å². The van der Waals surface area contributed by atoms with Crippen molar-refractivity contribution in [2.75, 3.05) is 21.1 Å². The van der Waals surface area contributed by atoms with Crippen LogP contribution in [0.3, 0.4) is 0 Å². The second-order valence-electron chi connectivity index (χ2n) is 11.9. The van der Waals surface area contributed by atoms with Gasteiger partial charge >= 0.3 is 0 Å². The largest absolute Gasteiger partial charge is 0.358 e. The van der Waals surface area contributed by atoms with E-state index >= 15 is 0 Å². The predicted octanol–water partition coefficient (Wildman–Crippen LogP) is -1.25. The number of nitrogens with zero attached hydrogens (tertiary/aromatic N) is 6. The van der Waals surface area contributed by atoms with Gasteiger partial charge in [-0.25, -0.2) is 17.5 Å². The number of hydrazine groups is 3. The average Bonchev–Trinajstić information content (AvgIpc) is 3.07. The number of nitrogens with two attached hydrogens (primary N) is 3. The lowest BCUT2D eigenvalue weighted by atomic mass is 10.4. The average molecular weight is 1020 g/mol. The normalized spacial score (nSPS) is 11.3. The molecule has 6 aromatic rings. The lowest BCUT2D eigenvalue weighted by Gasteiger charge is -1.93. The Hall–Kier alpha value is -8.40. The van der Waals surface area contributed by atoms with E-state index in [1.54, 1.807) is 50.9 Å². The molecule has 6 heterocycles. The number of likely N-dealkylation sites (N-methyl/N-ethyl adjacent to an activating group) is 3. The van der Waals surface area contributed by atoms with E-state index in [2.05, 4.69) is 32.2 Å². The summed E-state index contributed by atoms with van der Waals surface area (Å²) in [4.78, 5) is 65.5. The third-order valence-corrected chi connectivity index (χ3v) is 7.06. The van der Waals surface area contributed by atoms with Gasteiger partial charge in [0, 0.05) is 93.8 Å². The number of amides is 6. The van der Waals surface area contributed by atoms with Crippen molar-refractivity contribution in [1.29, 1.82) is 0 Å². The lowest BCUT2D eigenvalue weighted by molar-refractivity contribution is -0.684. The third kappa shape index (κ3) is 39.6. The number of rotatable bonds is 12. The van der Waals surface area contributed by atoms with Gasteiger partial charge in [0.25, 0.3) is 35.4 Å². The zero-order chi connectivity index (χ0) is 61.7. The molecule has 6 aromatic heterocycles. The van der Waals surface area contributed by atoms with Gasteiger partial charge < -0.3 is 60.5 Å². The number of nitrogens with one attached hydrogen (secondary N) is 6. The highest BCUT2D eigenvalue weighted by Gasteiger charge is 2.08. The third-order valence-electron chi connectivity index (χ3n) is 7.06. The molecule has 0 bridgehead atoms. The standard InChI is InChI=1S/3C8H10N2O.3C7H9N3O.6CH3/c3*1-9-8(11)7-10-5-3-2-4-6-10;3*8-9-7(11)6-10-4-2-1-3-5-10;;;;;;/h3*2-6H,7H2,1H3;3*1-5H,6,8H2;6*1H3/q;;;;;;6*-1/p+6/i3*2D,3D,4D,5D,6D;;;;;;;;;. The minimum atomic E-state index is -0.469. The summed E-state index contributed by atoms with van der Waals surface area (Å²) >= 11 is 0. The van der Waals surface area contributed by atoms with Crippen molar-refractivity contribution in [3.05, 3.63) is 228 Å². The van der Waals surface area contributed by atoms with Crippen LogP contribution in [0.1, 0.15) is 20.6 Å². The van der Waals surface area contributed by atoms with Gasteiger partial charge in [-0.3, -0.25) is 45.0 Å². The van der Waals surface area contributed by atoms with E-state index < -0.39 is 109 Å². The molecule has 0 radical (unpaired) electrons. The minimum absolute atomic E-state index is 0. The number of aromatic nitrogens is 6. The lowest BCUT2D eigenvalue weighted by Crippen LogP contribution is -2.44. The van der Waals surface area contributed by atoms with Gasteiger partial charge in [-0.15, -0.1) is 0 Å². The van der Waals surface area contributed by atoms with E-state index in [1.165, 1.54) is 21.1 Å². The smallest absolute Gasteiger partial charge is 0.299 e. The van der Waals surface area contributed by atoms with Crippen molar-refractivity contribution >= 4 is 35.4 Å². The summed E-state index contributed by atoms with van der Waals surface area (Å²) in [7, 11) is 4.24. The second kappa shape index (κ2) is 49.0. The van der Waals surface area contributed by atoms with Crippen molar-refractivity contribution in [2.45, 2.75) is 39.3 Å². The number of pyridine rings is 6. The summed E-state index contributed by atoms with van der Waals surface area (Å²) in [6, 6.07) is 12.6. The highest BCUT2D eigenvalue weighted by atomic mass is 16.2. The first-order valence-corrected chi connectivity index (χ1v) is 19.0. The Kier molecular flexibility index (Phi) is 32.2. The first-order valence-electron chi connectivity index (χ1n) is 26.5. The summed E-state index contributed by atoms with van der Waals surface area (Å²) in [5, 5.41) is 6.98. The Morgan fingerprint density at radius 2 is 0.500 bits per heavy atom. The van der Waals surface area contributed by atoms with E-state index in [-0.39, 0.29) is 102 Å². The Labute approximate surface area is 449 Å². The van der Waals surface area contributed by atoms with E-state index in [0.717, 1.165) is 13.7 Å². The topological polar surface area (TPSA) is 276 Å². The predicted molar refractivity (Wildman–Crippen MR) is 277 cm³/mol. The van der Waals surface area contributed by atoms with Crippen LogP contribution in [0.25, 0.3) is 0 Å². The molecule has 12 N–H and O–H groups in total. The van der Waals surface area contributed by atoms with Crippen LogP contribution in [0.5, 0.6) is 0 Å². The summed E-state index contributed by atoms with van der Waals surface area (Å²) in [5.74, 6) is 12.8. The van der Waals surface area contributed by atoms with Crippen LogP contribution in [0.15, 0.2) is 183 Å². The Morgan fingerprint density at radius 1 is 0.319 bits per heavy atom. The van der Waals surface area contributed by atoms with Crippen molar-refractivity contribution in [3.8, 4) is 0 Å². The Balaban J connectivity index is -0.000000225. The molecular weight excluding hydrogens is 919 g/mol. The SMILES string of the molecule is NNC(=O)C[n+]1ccccc1.NNC(=O)C[n+]1ccccc1.NNC(=O)C[n+]1ccccc1.[2H]c1c([2H])c([2H])[n+](CC(=O)NC)c([2H])c1[2H].[2H]c1c([2H])c([2H])[n+](CC(=O)NC)c([2H])c1[2H].[2H]c1c([2H])c([2H])[n+](CC(=O)NC)c([2H])c1[2H].[CH3-].[CH3-].[CH3-].[CH3-].[CH3-].[CH3-]. The van der Waals surface area contributed by atoms with Crippen molar-refractivity contribution in [3.63, 3.8) is 0 Å². The van der Waals surface area contributed by atoms with Gasteiger partial charge in [0.2, 0.25) is 39.3 Å². The zero-order valence-electron chi connectivity index (χ0n) is 57.3. The molecule has 6 rings (SSSR count). The van der Waals surface area contributed by atoms with E-state index in [9.17, 15) is 28.8 Å². The molecule has 396 valence electrons. The van der Waals surface area contributed by atoms with Crippen LogP contribution < -0.4 is 77.2 Å². The van der Waals surface area contributed by atoms with Crippen molar-refractivity contribution in [2.24, 2.45) is 17.5 Å². The maximum Gasteiger partial charge on any atom is 0.299 e. The molecule has 0 spiro atoms. The molecule has 0 aliphatic rings. The molecule has 21 heteroatoms. The van der Waals surface area contributed by atoms with Crippen LogP contribution >= 0.6 is 0 Å². The fraction of sp³-hybridized carbons (Fsp3) is 0.176. The maximum atomic E-state index is 11.1.